The minimum atomic E-state index is -0.909. The zero-order valence-corrected chi connectivity index (χ0v) is 16.3. The smallest absolute Gasteiger partial charge is 0.303 e. The Balaban J connectivity index is 1.78. The van der Waals surface area contributed by atoms with Crippen LogP contribution in [0.25, 0.3) is 6.08 Å². The molecule has 1 aliphatic heterocycles. The third kappa shape index (κ3) is 4.96. The molecule has 0 atom stereocenters. The highest BCUT2D eigenvalue weighted by atomic mass is 32.2. The number of rotatable bonds is 7. The van der Waals surface area contributed by atoms with Crippen LogP contribution >= 0.6 is 24.0 Å². The number of hydrogen-bond acceptors (Lipinski definition) is 5. The van der Waals surface area contributed by atoms with Gasteiger partial charge in [-0.05, 0) is 42.8 Å². The van der Waals surface area contributed by atoms with Crippen LogP contribution in [0.5, 0.6) is 11.5 Å². The lowest BCUT2D eigenvalue weighted by molar-refractivity contribution is -0.137. The Bertz CT molecular complexity index is 943. The Morgan fingerprint density at radius 2 is 1.93 bits per heavy atom. The summed E-state index contributed by atoms with van der Waals surface area (Å²) in [5, 5.41) is 8.75. The van der Waals surface area contributed by atoms with Crippen molar-refractivity contribution in [2.75, 3.05) is 6.54 Å². The Morgan fingerprint density at radius 3 is 2.64 bits per heavy atom. The molecule has 28 heavy (non-hydrogen) atoms. The van der Waals surface area contributed by atoms with Gasteiger partial charge in [0.25, 0.3) is 5.91 Å². The van der Waals surface area contributed by atoms with Crippen LogP contribution in [0.15, 0.2) is 53.4 Å². The van der Waals surface area contributed by atoms with Crippen molar-refractivity contribution < 1.29 is 23.8 Å². The molecule has 3 rings (SSSR count). The number of carbonyl (C=O) groups is 2. The number of amides is 1. The minimum absolute atomic E-state index is 0.0234. The van der Waals surface area contributed by atoms with Crippen LogP contribution in [0.3, 0.4) is 0 Å². The van der Waals surface area contributed by atoms with E-state index < -0.39 is 5.97 Å². The van der Waals surface area contributed by atoms with E-state index in [1.807, 2.05) is 6.07 Å². The molecule has 1 heterocycles. The maximum atomic E-state index is 13.1. The van der Waals surface area contributed by atoms with Crippen LogP contribution in [0.1, 0.15) is 18.4 Å². The van der Waals surface area contributed by atoms with Crippen LogP contribution in [-0.4, -0.2) is 32.7 Å². The number of hydrogen-bond donors (Lipinski definition) is 1. The number of carboxylic acid groups (broad SMARTS) is 1. The Kier molecular flexibility index (Phi) is 6.43. The van der Waals surface area contributed by atoms with E-state index in [0.717, 1.165) is 0 Å². The number of para-hydroxylation sites is 1. The van der Waals surface area contributed by atoms with Gasteiger partial charge in [-0.1, -0.05) is 42.2 Å². The number of thioether (sulfide) groups is 1. The van der Waals surface area contributed by atoms with E-state index in [1.54, 1.807) is 24.3 Å². The van der Waals surface area contributed by atoms with E-state index in [2.05, 4.69) is 0 Å². The number of aliphatic carboxylic acids is 1. The third-order valence-corrected chi connectivity index (χ3v) is 5.27. The molecule has 8 heteroatoms. The number of thiocarbonyl (C=S) groups is 1. The predicted octanol–water partition coefficient (Wildman–Crippen LogP) is 4.68. The first kappa shape index (κ1) is 20.0. The SMILES string of the molecule is O=C(O)CCCN1C(=O)/C(=C/c2ccccc2Oc2ccc(F)cc2)SC1=S. The Morgan fingerprint density at radius 1 is 1.21 bits per heavy atom. The molecule has 1 fully saturated rings. The molecular weight excluding hydrogens is 401 g/mol. The predicted molar refractivity (Wildman–Crippen MR) is 110 cm³/mol. The van der Waals surface area contributed by atoms with Gasteiger partial charge < -0.3 is 9.84 Å². The quantitative estimate of drug-likeness (QED) is 0.521. The largest absolute Gasteiger partial charge is 0.481 e. The van der Waals surface area contributed by atoms with Crippen molar-refractivity contribution >= 4 is 46.3 Å². The fourth-order valence-electron chi connectivity index (χ4n) is 2.54. The first-order valence-electron chi connectivity index (χ1n) is 8.43. The molecule has 0 saturated carbocycles. The summed E-state index contributed by atoms with van der Waals surface area (Å²) in [7, 11) is 0. The second kappa shape index (κ2) is 8.99. The first-order valence-corrected chi connectivity index (χ1v) is 9.66. The normalized spacial score (nSPS) is 15.3. The Hall–Kier alpha value is -2.71. The van der Waals surface area contributed by atoms with Crippen molar-refractivity contribution in [1.82, 2.24) is 4.90 Å². The number of benzene rings is 2. The maximum Gasteiger partial charge on any atom is 0.303 e. The lowest BCUT2D eigenvalue weighted by atomic mass is 10.2. The highest BCUT2D eigenvalue weighted by molar-refractivity contribution is 8.26. The standard InChI is InChI=1S/C20H16FNO4S2/c21-14-7-9-15(10-8-14)26-16-5-2-1-4-13(16)12-17-19(25)22(20(27)28-17)11-3-6-18(23)24/h1-2,4-5,7-10,12H,3,6,11H2,(H,23,24)/b17-12-. The second-order valence-corrected chi connectivity index (χ2v) is 7.60. The summed E-state index contributed by atoms with van der Waals surface area (Å²) in [6.45, 7) is 0.266. The molecule has 0 unspecified atom stereocenters. The molecule has 1 saturated heterocycles. The number of nitrogens with zero attached hydrogens (tertiary/aromatic N) is 1. The molecule has 5 nitrogen and oxygen atoms in total. The van der Waals surface area contributed by atoms with E-state index in [0.29, 0.717) is 32.7 Å². The second-order valence-electron chi connectivity index (χ2n) is 5.92. The van der Waals surface area contributed by atoms with Gasteiger partial charge in [0.2, 0.25) is 0 Å². The van der Waals surface area contributed by atoms with Crippen molar-refractivity contribution in [3.05, 3.63) is 64.8 Å². The van der Waals surface area contributed by atoms with Crippen molar-refractivity contribution in [3.8, 4) is 11.5 Å². The van der Waals surface area contributed by atoms with Gasteiger partial charge in [-0.3, -0.25) is 14.5 Å². The molecule has 0 radical (unpaired) electrons. The van der Waals surface area contributed by atoms with Crippen LogP contribution < -0.4 is 4.74 Å². The summed E-state index contributed by atoms with van der Waals surface area (Å²) in [4.78, 5) is 25.1. The van der Waals surface area contributed by atoms with Crippen LogP contribution in [0.2, 0.25) is 0 Å². The van der Waals surface area contributed by atoms with Gasteiger partial charge in [0.15, 0.2) is 0 Å². The molecule has 1 N–H and O–H groups in total. The van der Waals surface area contributed by atoms with Crippen LogP contribution in [0.4, 0.5) is 4.39 Å². The van der Waals surface area contributed by atoms with Gasteiger partial charge in [0.05, 0.1) is 4.91 Å². The summed E-state index contributed by atoms with van der Waals surface area (Å²) >= 11 is 6.42. The van der Waals surface area contributed by atoms with Gasteiger partial charge in [-0.2, -0.15) is 0 Å². The highest BCUT2D eigenvalue weighted by Gasteiger charge is 2.31. The summed E-state index contributed by atoms with van der Waals surface area (Å²) in [5.41, 5.74) is 0.679. The molecule has 0 aliphatic carbocycles. The van der Waals surface area contributed by atoms with Gasteiger partial charge in [0, 0.05) is 18.5 Å². The zero-order valence-electron chi connectivity index (χ0n) is 14.6. The van der Waals surface area contributed by atoms with Crippen LogP contribution in [-0.2, 0) is 9.59 Å². The van der Waals surface area contributed by atoms with E-state index in [1.165, 1.54) is 40.9 Å². The van der Waals surface area contributed by atoms with E-state index >= 15 is 0 Å². The molecule has 0 aromatic heterocycles. The Labute approximate surface area is 170 Å². The lowest BCUT2D eigenvalue weighted by Crippen LogP contribution is -2.29. The summed E-state index contributed by atoms with van der Waals surface area (Å²) < 4.78 is 19.3. The van der Waals surface area contributed by atoms with Gasteiger partial charge >= 0.3 is 5.97 Å². The molecular formula is C20H16FNO4S2. The lowest BCUT2D eigenvalue weighted by Gasteiger charge is -2.13. The van der Waals surface area contributed by atoms with Gasteiger partial charge in [-0.25, -0.2) is 4.39 Å². The summed E-state index contributed by atoms with van der Waals surface area (Å²) in [6, 6.07) is 12.8. The molecule has 2 aromatic carbocycles. The molecule has 2 aromatic rings. The van der Waals surface area contributed by atoms with Crippen LogP contribution in [0, 0.1) is 5.82 Å². The fraction of sp³-hybridized carbons (Fsp3) is 0.150. The van der Waals surface area contributed by atoms with E-state index in [-0.39, 0.29) is 24.7 Å². The molecule has 1 amide bonds. The van der Waals surface area contributed by atoms with Crippen molar-refractivity contribution in [2.45, 2.75) is 12.8 Å². The number of carboxylic acids is 1. The van der Waals surface area contributed by atoms with Crippen molar-refractivity contribution in [2.24, 2.45) is 0 Å². The van der Waals surface area contributed by atoms with Gasteiger partial charge in [-0.15, -0.1) is 0 Å². The number of halogens is 1. The molecule has 0 spiro atoms. The summed E-state index contributed by atoms with van der Waals surface area (Å²) in [5.74, 6) is -0.522. The number of ether oxygens (including phenoxy) is 1. The highest BCUT2D eigenvalue weighted by Crippen LogP contribution is 2.35. The van der Waals surface area contributed by atoms with E-state index in [4.69, 9.17) is 22.1 Å². The maximum absolute atomic E-state index is 13.1. The minimum Gasteiger partial charge on any atom is -0.481 e. The van der Waals surface area contributed by atoms with Crippen molar-refractivity contribution in [3.63, 3.8) is 0 Å². The number of carbonyl (C=O) groups excluding carboxylic acids is 1. The van der Waals surface area contributed by atoms with Crippen molar-refractivity contribution in [1.29, 1.82) is 0 Å². The van der Waals surface area contributed by atoms with Gasteiger partial charge in [0.1, 0.15) is 21.6 Å². The third-order valence-electron chi connectivity index (χ3n) is 3.89. The monoisotopic (exact) mass is 417 g/mol. The molecule has 144 valence electrons. The summed E-state index contributed by atoms with van der Waals surface area (Å²) in [6.07, 6.45) is 2.00. The molecule has 0 bridgehead atoms. The average molecular weight is 417 g/mol. The fourth-order valence-corrected chi connectivity index (χ4v) is 3.84. The average Bonchev–Trinajstić information content (AvgIpc) is 2.92. The van der Waals surface area contributed by atoms with E-state index in [9.17, 15) is 14.0 Å². The topological polar surface area (TPSA) is 66.8 Å². The molecule has 1 aliphatic rings. The zero-order chi connectivity index (χ0) is 20.1. The first-order chi connectivity index (χ1) is 13.4.